The second-order valence-corrected chi connectivity index (χ2v) is 4.15. The molecular weight excluding hydrogens is 160 g/mol. The molecule has 1 aliphatic carbocycles. The summed E-state index contributed by atoms with van der Waals surface area (Å²) in [6, 6.07) is 10.3. The highest BCUT2D eigenvalue weighted by Crippen LogP contribution is 2.54. The molecule has 0 spiro atoms. The van der Waals surface area contributed by atoms with Crippen LogP contribution in [0.25, 0.3) is 0 Å². The van der Waals surface area contributed by atoms with E-state index >= 15 is 0 Å². The molecule has 2 rings (SSSR count). The van der Waals surface area contributed by atoms with E-state index in [2.05, 4.69) is 19.1 Å². The van der Waals surface area contributed by atoms with Crippen LogP contribution < -0.4 is 0 Å². The maximum Gasteiger partial charge on any atom is 0.133 e. The summed E-state index contributed by atoms with van der Waals surface area (Å²) in [7, 11) is 0. The van der Waals surface area contributed by atoms with Crippen molar-refractivity contribution in [2.75, 3.05) is 0 Å². The third-order valence-corrected chi connectivity index (χ3v) is 3.16. The van der Waals surface area contributed by atoms with Gasteiger partial charge in [-0.25, -0.2) is 0 Å². The number of carbonyl (C=O) groups excluding carboxylic acids is 1. The molecule has 0 saturated heterocycles. The molecule has 1 heteroatoms. The second-order valence-electron chi connectivity index (χ2n) is 4.15. The number of rotatable bonds is 2. The molecule has 0 amide bonds. The molecule has 1 saturated carbocycles. The molecule has 0 aromatic heterocycles. The Morgan fingerprint density at radius 1 is 1.38 bits per heavy atom. The first-order valence-corrected chi connectivity index (χ1v) is 4.70. The van der Waals surface area contributed by atoms with Crippen molar-refractivity contribution < 1.29 is 4.79 Å². The van der Waals surface area contributed by atoms with Crippen molar-refractivity contribution in [1.29, 1.82) is 0 Å². The van der Waals surface area contributed by atoms with Gasteiger partial charge in [0, 0.05) is 11.3 Å². The minimum atomic E-state index is 0.132. The number of ketones is 1. The van der Waals surface area contributed by atoms with Crippen LogP contribution in [0.4, 0.5) is 0 Å². The first-order chi connectivity index (χ1) is 6.14. The van der Waals surface area contributed by atoms with E-state index < -0.39 is 0 Å². The lowest BCUT2D eigenvalue weighted by Crippen LogP contribution is -2.08. The van der Waals surface area contributed by atoms with E-state index in [4.69, 9.17) is 0 Å². The Morgan fingerprint density at radius 3 is 2.46 bits per heavy atom. The lowest BCUT2D eigenvalue weighted by molar-refractivity contribution is -0.118. The Morgan fingerprint density at radius 2 is 2.00 bits per heavy atom. The van der Waals surface area contributed by atoms with Crippen LogP contribution in [-0.2, 0) is 10.2 Å². The predicted octanol–water partition coefficient (Wildman–Crippen LogP) is 2.55. The lowest BCUT2D eigenvalue weighted by atomic mass is 9.94. The van der Waals surface area contributed by atoms with Crippen molar-refractivity contribution in [3.05, 3.63) is 35.9 Å². The first kappa shape index (κ1) is 8.49. The quantitative estimate of drug-likeness (QED) is 0.673. The Balaban J connectivity index is 2.25. The van der Waals surface area contributed by atoms with Crippen molar-refractivity contribution in [1.82, 2.24) is 0 Å². The van der Waals surface area contributed by atoms with Gasteiger partial charge in [-0.15, -0.1) is 0 Å². The maximum absolute atomic E-state index is 11.2. The van der Waals surface area contributed by atoms with Crippen molar-refractivity contribution in [2.24, 2.45) is 5.92 Å². The van der Waals surface area contributed by atoms with Gasteiger partial charge in [0.2, 0.25) is 0 Å². The second kappa shape index (κ2) is 2.69. The average Bonchev–Trinajstić information content (AvgIpc) is 2.82. The Bertz CT molecular complexity index is 328. The molecule has 0 aliphatic heterocycles. The number of hydrogen-bond donors (Lipinski definition) is 0. The monoisotopic (exact) mass is 174 g/mol. The molecule has 1 aromatic carbocycles. The van der Waals surface area contributed by atoms with E-state index in [0.29, 0.717) is 5.78 Å². The number of hydrogen-bond acceptors (Lipinski definition) is 1. The van der Waals surface area contributed by atoms with Crippen LogP contribution in [0.3, 0.4) is 0 Å². The molecule has 0 heterocycles. The zero-order valence-corrected chi connectivity index (χ0v) is 8.08. The van der Waals surface area contributed by atoms with E-state index in [0.717, 1.165) is 6.42 Å². The number of benzene rings is 1. The zero-order chi connectivity index (χ0) is 9.47. The molecule has 1 fully saturated rings. The Hall–Kier alpha value is -1.11. The fourth-order valence-electron chi connectivity index (χ4n) is 2.10. The SMILES string of the molecule is CC(=O)C1CC1(C)c1ccccc1. The molecule has 0 N–H and O–H groups in total. The van der Waals surface area contributed by atoms with Gasteiger partial charge in [-0.1, -0.05) is 37.3 Å². The van der Waals surface area contributed by atoms with Crippen molar-refractivity contribution in [3.63, 3.8) is 0 Å². The van der Waals surface area contributed by atoms with E-state index in [1.54, 1.807) is 6.92 Å². The highest BCUT2D eigenvalue weighted by Gasteiger charge is 2.53. The van der Waals surface area contributed by atoms with Crippen molar-refractivity contribution in [2.45, 2.75) is 25.7 Å². The summed E-state index contributed by atoms with van der Waals surface area (Å²) in [6.45, 7) is 3.87. The van der Waals surface area contributed by atoms with E-state index in [9.17, 15) is 4.79 Å². The normalized spacial score (nSPS) is 31.4. The summed E-state index contributed by atoms with van der Waals surface area (Å²) in [4.78, 5) is 11.2. The smallest absolute Gasteiger partial charge is 0.133 e. The fourth-order valence-corrected chi connectivity index (χ4v) is 2.10. The van der Waals surface area contributed by atoms with Crippen LogP contribution in [0.1, 0.15) is 25.8 Å². The summed E-state index contributed by atoms with van der Waals surface area (Å²) in [5.41, 5.74) is 1.43. The standard InChI is InChI=1S/C12H14O/c1-9(13)11-8-12(11,2)10-6-4-3-5-7-10/h3-7,11H,8H2,1-2H3. The average molecular weight is 174 g/mol. The van der Waals surface area contributed by atoms with Gasteiger partial charge >= 0.3 is 0 Å². The molecule has 13 heavy (non-hydrogen) atoms. The van der Waals surface area contributed by atoms with Crippen LogP contribution >= 0.6 is 0 Å². The van der Waals surface area contributed by atoms with E-state index in [-0.39, 0.29) is 11.3 Å². The summed E-state index contributed by atoms with van der Waals surface area (Å²) >= 11 is 0. The molecule has 0 bridgehead atoms. The third-order valence-electron chi connectivity index (χ3n) is 3.16. The Labute approximate surface area is 78.8 Å². The highest BCUT2D eigenvalue weighted by molar-refractivity contribution is 5.83. The molecule has 0 radical (unpaired) electrons. The minimum absolute atomic E-state index is 0.132. The lowest BCUT2D eigenvalue weighted by Gasteiger charge is -2.09. The summed E-state index contributed by atoms with van der Waals surface area (Å²) < 4.78 is 0. The molecule has 2 unspecified atom stereocenters. The molecule has 1 nitrogen and oxygen atoms in total. The third kappa shape index (κ3) is 1.28. The first-order valence-electron chi connectivity index (χ1n) is 4.70. The Kier molecular flexibility index (Phi) is 1.76. The van der Waals surface area contributed by atoms with Crippen LogP contribution in [0.2, 0.25) is 0 Å². The van der Waals surface area contributed by atoms with E-state index in [1.165, 1.54) is 5.56 Å². The minimum Gasteiger partial charge on any atom is -0.300 e. The largest absolute Gasteiger partial charge is 0.300 e. The molecular formula is C12H14O. The summed E-state index contributed by atoms with van der Waals surface area (Å²) in [5.74, 6) is 0.584. The van der Waals surface area contributed by atoms with Gasteiger partial charge < -0.3 is 0 Å². The zero-order valence-electron chi connectivity index (χ0n) is 8.08. The summed E-state index contributed by atoms with van der Waals surface area (Å²) in [6.07, 6.45) is 1.02. The fraction of sp³-hybridized carbons (Fsp3) is 0.417. The van der Waals surface area contributed by atoms with Gasteiger partial charge in [0.15, 0.2) is 0 Å². The highest BCUT2D eigenvalue weighted by atomic mass is 16.1. The number of carbonyl (C=O) groups is 1. The van der Waals surface area contributed by atoms with Gasteiger partial charge in [0.25, 0.3) is 0 Å². The molecule has 1 aliphatic rings. The van der Waals surface area contributed by atoms with Crippen LogP contribution in [0, 0.1) is 5.92 Å². The summed E-state index contributed by atoms with van der Waals surface area (Å²) in [5, 5.41) is 0. The van der Waals surface area contributed by atoms with Gasteiger partial charge in [-0.05, 0) is 18.9 Å². The van der Waals surface area contributed by atoms with Crippen LogP contribution in [-0.4, -0.2) is 5.78 Å². The van der Waals surface area contributed by atoms with Gasteiger partial charge in [0.05, 0.1) is 0 Å². The van der Waals surface area contributed by atoms with Gasteiger partial charge in [-0.3, -0.25) is 4.79 Å². The van der Waals surface area contributed by atoms with Crippen molar-refractivity contribution in [3.8, 4) is 0 Å². The topological polar surface area (TPSA) is 17.1 Å². The van der Waals surface area contributed by atoms with Gasteiger partial charge in [-0.2, -0.15) is 0 Å². The predicted molar refractivity (Wildman–Crippen MR) is 52.6 cm³/mol. The molecule has 68 valence electrons. The maximum atomic E-state index is 11.2. The van der Waals surface area contributed by atoms with Crippen LogP contribution in [0.15, 0.2) is 30.3 Å². The number of Topliss-reactive ketones (excluding diaryl/α,β-unsaturated/α-hetero) is 1. The van der Waals surface area contributed by atoms with E-state index in [1.807, 2.05) is 18.2 Å². The van der Waals surface area contributed by atoms with Gasteiger partial charge in [0.1, 0.15) is 5.78 Å². The van der Waals surface area contributed by atoms with Crippen molar-refractivity contribution >= 4 is 5.78 Å². The molecule has 2 atom stereocenters. The van der Waals surface area contributed by atoms with Crippen LogP contribution in [0.5, 0.6) is 0 Å². The molecule has 1 aromatic rings.